The van der Waals surface area contributed by atoms with Crippen LogP contribution >= 0.6 is 46.3 Å². The van der Waals surface area contributed by atoms with Crippen LogP contribution in [0.3, 0.4) is 0 Å². The number of hydrogen-bond donors (Lipinski definition) is 2. The number of methoxy groups -OCH3 is 2. The average Bonchev–Trinajstić information content (AvgIpc) is 3.49. The topological polar surface area (TPSA) is 89.6 Å². The van der Waals surface area contributed by atoms with Gasteiger partial charge in [-0.25, -0.2) is 4.98 Å². The number of nitrogens with zero attached hydrogens (tertiary/aromatic N) is 1. The maximum atomic E-state index is 13.6. The van der Waals surface area contributed by atoms with E-state index in [-0.39, 0.29) is 16.8 Å². The third kappa shape index (κ3) is 7.50. The summed E-state index contributed by atoms with van der Waals surface area (Å²) in [6, 6.07) is 27.1. The van der Waals surface area contributed by atoms with E-state index < -0.39 is 5.25 Å². The number of thioether (sulfide) groups is 1. The van der Waals surface area contributed by atoms with Crippen LogP contribution in [0.2, 0.25) is 10.0 Å². The van der Waals surface area contributed by atoms with Crippen LogP contribution in [0, 0.1) is 0 Å². The molecule has 1 heterocycles. The van der Waals surface area contributed by atoms with Crippen LogP contribution in [0.15, 0.2) is 101 Å². The lowest BCUT2D eigenvalue weighted by Gasteiger charge is -2.16. The lowest BCUT2D eigenvalue weighted by molar-refractivity contribution is -0.115. The zero-order chi connectivity index (χ0) is 30.3. The number of benzene rings is 4. The highest BCUT2D eigenvalue weighted by atomic mass is 35.5. The molecule has 1 unspecified atom stereocenters. The Morgan fingerprint density at radius 2 is 1.60 bits per heavy atom. The van der Waals surface area contributed by atoms with Gasteiger partial charge in [0.2, 0.25) is 5.91 Å². The molecule has 0 fully saturated rings. The third-order valence-electron chi connectivity index (χ3n) is 6.30. The van der Waals surface area contributed by atoms with Crippen molar-refractivity contribution in [1.82, 2.24) is 4.98 Å². The van der Waals surface area contributed by atoms with Gasteiger partial charge in [0, 0.05) is 26.5 Å². The van der Waals surface area contributed by atoms with E-state index in [4.69, 9.17) is 32.7 Å². The molecule has 0 bridgehead atoms. The molecular weight excluding hydrogens is 625 g/mol. The molecule has 0 radical (unpaired) electrons. The largest absolute Gasteiger partial charge is 0.493 e. The number of hydrogen-bond acceptors (Lipinski definition) is 7. The Hall–Kier alpha value is -4.02. The Kier molecular flexibility index (Phi) is 9.89. The first kappa shape index (κ1) is 30.4. The quantitative estimate of drug-likeness (QED) is 0.147. The van der Waals surface area contributed by atoms with Gasteiger partial charge in [0.1, 0.15) is 5.25 Å². The summed E-state index contributed by atoms with van der Waals surface area (Å²) in [5.74, 6) is 0.663. The Bertz CT molecular complexity index is 1750. The molecule has 1 atom stereocenters. The minimum Gasteiger partial charge on any atom is -0.493 e. The fourth-order valence-corrected chi connectivity index (χ4v) is 6.40. The van der Waals surface area contributed by atoms with E-state index >= 15 is 0 Å². The van der Waals surface area contributed by atoms with E-state index in [0.717, 1.165) is 16.0 Å². The second kappa shape index (κ2) is 14.0. The van der Waals surface area contributed by atoms with Gasteiger partial charge in [-0.2, -0.15) is 0 Å². The van der Waals surface area contributed by atoms with Crippen LogP contribution in [0.5, 0.6) is 11.5 Å². The van der Waals surface area contributed by atoms with E-state index in [9.17, 15) is 9.59 Å². The van der Waals surface area contributed by atoms with Gasteiger partial charge in [0.05, 0.1) is 30.5 Å². The van der Waals surface area contributed by atoms with Gasteiger partial charge in [0.25, 0.3) is 5.91 Å². The maximum absolute atomic E-state index is 13.6. The lowest BCUT2D eigenvalue weighted by atomic mass is 10.1. The normalized spacial score (nSPS) is 11.4. The number of halogens is 2. The highest BCUT2D eigenvalue weighted by Crippen LogP contribution is 2.38. The number of amides is 2. The Balaban J connectivity index is 1.30. The van der Waals surface area contributed by atoms with Crippen LogP contribution in [0.1, 0.15) is 21.2 Å². The number of thiazole rings is 1. The minimum absolute atomic E-state index is 0.209. The smallest absolute Gasteiger partial charge is 0.257 e. The van der Waals surface area contributed by atoms with Gasteiger partial charge in [0.15, 0.2) is 16.6 Å². The molecule has 2 amide bonds. The molecular formula is C32H25Cl2N3O4S2. The van der Waals surface area contributed by atoms with Gasteiger partial charge in [-0.1, -0.05) is 53.5 Å². The van der Waals surface area contributed by atoms with Gasteiger partial charge in [-0.15, -0.1) is 23.1 Å². The number of ether oxygens (including phenoxy) is 2. The number of rotatable bonds is 10. The molecule has 218 valence electrons. The van der Waals surface area contributed by atoms with Crippen LogP contribution in [0.25, 0.3) is 11.3 Å². The fourth-order valence-electron chi connectivity index (χ4n) is 4.16. The van der Waals surface area contributed by atoms with Crippen LogP contribution in [-0.2, 0) is 4.79 Å². The van der Waals surface area contributed by atoms with Gasteiger partial charge in [-0.3, -0.25) is 9.59 Å². The Morgan fingerprint density at radius 1 is 0.860 bits per heavy atom. The second-order valence-corrected chi connectivity index (χ2v) is 12.0. The van der Waals surface area contributed by atoms with Gasteiger partial charge >= 0.3 is 0 Å². The average molecular weight is 651 g/mol. The Morgan fingerprint density at radius 3 is 2.30 bits per heavy atom. The summed E-state index contributed by atoms with van der Waals surface area (Å²) < 4.78 is 10.7. The molecule has 0 saturated carbocycles. The molecule has 5 rings (SSSR count). The van der Waals surface area contributed by atoms with Crippen molar-refractivity contribution in [3.05, 3.63) is 118 Å². The standard InChI is InChI=1S/C32H25Cl2N3O4S2/c1-40-27-15-8-20(16-28(27)41-2)26-18-42-32(36-26)37-31(39)29(19-6-4-3-5-7-19)43-23-12-10-22(11-13-23)35-30(38)24-14-9-21(33)17-25(24)34/h3-18,29H,1-2H3,(H,35,38)(H,36,37,39). The molecule has 4 aromatic carbocycles. The van der Waals surface area contributed by atoms with Crippen molar-refractivity contribution >= 4 is 68.9 Å². The van der Waals surface area contributed by atoms with Crippen molar-refractivity contribution in [2.45, 2.75) is 10.1 Å². The highest BCUT2D eigenvalue weighted by molar-refractivity contribution is 8.00. The number of anilines is 2. The predicted molar refractivity (Wildman–Crippen MR) is 175 cm³/mol. The van der Waals surface area contributed by atoms with Crippen molar-refractivity contribution in [2.75, 3.05) is 24.9 Å². The number of aromatic nitrogens is 1. The van der Waals surface area contributed by atoms with E-state index in [1.54, 1.807) is 38.5 Å². The molecule has 11 heteroatoms. The number of nitrogens with one attached hydrogen (secondary N) is 2. The molecule has 43 heavy (non-hydrogen) atoms. The molecule has 0 aliphatic rings. The molecule has 1 aromatic heterocycles. The van der Waals surface area contributed by atoms with Crippen molar-refractivity contribution in [3.8, 4) is 22.8 Å². The highest BCUT2D eigenvalue weighted by Gasteiger charge is 2.23. The molecule has 2 N–H and O–H groups in total. The van der Waals surface area contributed by atoms with E-state index in [0.29, 0.717) is 38.6 Å². The summed E-state index contributed by atoms with van der Waals surface area (Å²) in [5, 5.41) is 8.35. The fraction of sp³-hybridized carbons (Fsp3) is 0.0938. The van der Waals surface area contributed by atoms with Crippen LogP contribution in [-0.4, -0.2) is 31.0 Å². The van der Waals surface area contributed by atoms with Crippen LogP contribution in [0.4, 0.5) is 10.8 Å². The van der Waals surface area contributed by atoms with Crippen molar-refractivity contribution < 1.29 is 19.1 Å². The first-order valence-electron chi connectivity index (χ1n) is 12.9. The van der Waals surface area contributed by atoms with E-state index in [2.05, 4.69) is 15.6 Å². The summed E-state index contributed by atoms with van der Waals surface area (Å²) in [6.07, 6.45) is 0. The first-order valence-corrected chi connectivity index (χ1v) is 15.4. The molecule has 0 aliphatic heterocycles. The summed E-state index contributed by atoms with van der Waals surface area (Å²) in [7, 11) is 3.16. The zero-order valence-electron chi connectivity index (χ0n) is 23.0. The SMILES string of the molecule is COc1ccc(-c2csc(NC(=O)C(Sc3ccc(NC(=O)c4ccc(Cl)cc4Cl)cc3)c3ccccc3)n2)cc1OC. The summed E-state index contributed by atoms with van der Waals surface area (Å²) in [4.78, 5) is 31.8. The second-order valence-electron chi connectivity index (χ2n) is 9.11. The lowest BCUT2D eigenvalue weighted by Crippen LogP contribution is -2.19. The molecule has 7 nitrogen and oxygen atoms in total. The third-order valence-corrected chi connectivity index (χ3v) is 8.87. The zero-order valence-corrected chi connectivity index (χ0v) is 26.1. The number of carbonyl (C=O) groups excluding carboxylic acids is 2. The number of carbonyl (C=O) groups is 2. The van der Waals surface area contributed by atoms with Gasteiger partial charge < -0.3 is 20.1 Å². The summed E-state index contributed by atoms with van der Waals surface area (Å²) >= 11 is 14.9. The predicted octanol–water partition coefficient (Wildman–Crippen LogP) is 8.86. The van der Waals surface area contributed by atoms with Gasteiger partial charge in [-0.05, 0) is 66.2 Å². The monoisotopic (exact) mass is 649 g/mol. The van der Waals surface area contributed by atoms with E-state index in [1.165, 1.54) is 29.2 Å². The molecule has 0 saturated heterocycles. The van der Waals surface area contributed by atoms with E-state index in [1.807, 2.05) is 66.0 Å². The maximum Gasteiger partial charge on any atom is 0.257 e. The van der Waals surface area contributed by atoms with Crippen molar-refractivity contribution in [2.24, 2.45) is 0 Å². The molecule has 5 aromatic rings. The first-order chi connectivity index (χ1) is 20.8. The summed E-state index contributed by atoms with van der Waals surface area (Å²) in [5.41, 5.74) is 3.31. The molecule has 0 spiro atoms. The summed E-state index contributed by atoms with van der Waals surface area (Å²) in [6.45, 7) is 0. The van der Waals surface area contributed by atoms with Crippen molar-refractivity contribution in [3.63, 3.8) is 0 Å². The van der Waals surface area contributed by atoms with Crippen LogP contribution < -0.4 is 20.1 Å². The minimum atomic E-state index is -0.553. The van der Waals surface area contributed by atoms with Crippen molar-refractivity contribution in [1.29, 1.82) is 0 Å². The molecule has 0 aliphatic carbocycles. The Labute approximate surface area is 267 Å².